The van der Waals surface area contributed by atoms with Gasteiger partial charge in [-0.3, -0.25) is 4.79 Å². The number of ether oxygens (including phenoxy) is 1. The Morgan fingerprint density at radius 1 is 1.13 bits per heavy atom. The first-order chi connectivity index (χ1) is 11.0. The topological polar surface area (TPSA) is 66.8 Å². The van der Waals surface area contributed by atoms with Gasteiger partial charge in [-0.2, -0.15) is 0 Å². The van der Waals surface area contributed by atoms with Crippen LogP contribution in [0.1, 0.15) is 30.1 Å². The first-order valence-electron chi connectivity index (χ1n) is 7.02. The number of aliphatic hydroxyl groups excluding tert-OH is 1. The summed E-state index contributed by atoms with van der Waals surface area (Å²) in [5.41, 5.74) is 0.809. The lowest BCUT2D eigenvalue weighted by Crippen LogP contribution is -2.03. The summed E-state index contributed by atoms with van der Waals surface area (Å²) in [6, 6.07) is 9.69. The van der Waals surface area contributed by atoms with Gasteiger partial charge in [-0.1, -0.05) is 12.1 Å². The zero-order chi connectivity index (χ0) is 16.8. The van der Waals surface area contributed by atoms with E-state index in [1.165, 1.54) is 6.07 Å². The second-order valence-corrected chi connectivity index (χ2v) is 5.04. The van der Waals surface area contributed by atoms with Crippen LogP contribution in [0.25, 0.3) is 0 Å². The number of rotatable bonds is 7. The number of benzene rings is 2. The molecule has 0 spiro atoms. The van der Waals surface area contributed by atoms with Gasteiger partial charge in [0.25, 0.3) is 0 Å². The van der Waals surface area contributed by atoms with Gasteiger partial charge in [-0.15, -0.1) is 0 Å². The third-order valence-electron chi connectivity index (χ3n) is 3.31. The Morgan fingerprint density at radius 3 is 2.43 bits per heavy atom. The molecule has 0 aliphatic heterocycles. The first kappa shape index (κ1) is 16.9. The Morgan fingerprint density at radius 2 is 1.83 bits per heavy atom. The van der Waals surface area contributed by atoms with Crippen LogP contribution in [-0.4, -0.2) is 16.2 Å². The maximum atomic E-state index is 13.5. The summed E-state index contributed by atoms with van der Waals surface area (Å²) in [6.07, 6.45) is -0.866. The van der Waals surface area contributed by atoms with Crippen LogP contribution >= 0.6 is 0 Å². The summed E-state index contributed by atoms with van der Waals surface area (Å²) in [5.74, 6) is -1.83. The summed E-state index contributed by atoms with van der Waals surface area (Å²) in [4.78, 5) is 10.5. The highest BCUT2D eigenvalue weighted by Gasteiger charge is 2.10. The molecule has 0 radical (unpaired) electrons. The average molecular weight is 322 g/mol. The highest BCUT2D eigenvalue weighted by Crippen LogP contribution is 2.22. The minimum Gasteiger partial charge on any atom is -0.489 e. The van der Waals surface area contributed by atoms with Crippen LogP contribution in [0, 0.1) is 11.6 Å². The van der Waals surface area contributed by atoms with Crippen molar-refractivity contribution in [2.45, 2.75) is 25.6 Å². The van der Waals surface area contributed by atoms with E-state index in [0.29, 0.717) is 11.3 Å². The van der Waals surface area contributed by atoms with Crippen molar-refractivity contribution in [3.8, 4) is 5.75 Å². The first-order valence-corrected chi connectivity index (χ1v) is 7.02. The van der Waals surface area contributed by atoms with E-state index in [-0.39, 0.29) is 25.0 Å². The third-order valence-corrected chi connectivity index (χ3v) is 3.31. The Hall–Kier alpha value is -2.47. The number of aliphatic hydroxyl groups is 1. The van der Waals surface area contributed by atoms with E-state index >= 15 is 0 Å². The van der Waals surface area contributed by atoms with Crippen molar-refractivity contribution in [1.29, 1.82) is 0 Å². The molecule has 0 fully saturated rings. The summed E-state index contributed by atoms with van der Waals surface area (Å²) >= 11 is 0. The van der Waals surface area contributed by atoms with Crippen molar-refractivity contribution in [1.82, 2.24) is 0 Å². The van der Waals surface area contributed by atoms with Crippen LogP contribution in [0.3, 0.4) is 0 Å². The Balaban J connectivity index is 1.93. The van der Waals surface area contributed by atoms with Crippen LogP contribution in [0.4, 0.5) is 8.78 Å². The summed E-state index contributed by atoms with van der Waals surface area (Å²) in [6.45, 7) is -0.0486. The normalized spacial score (nSPS) is 12.0. The summed E-state index contributed by atoms with van der Waals surface area (Å²) in [5, 5.41) is 18.4. The van der Waals surface area contributed by atoms with Gasteiger partial charge in [0.1, 0.15) is 24.0 Å². The number of hydrogen-bond acceptors (Lipinski definition) is 3. The largest absolute Gasteiger partial charge is 0.489 e. The Bertz CT molecular complexity index is 671. The number of halogens is 2. The van der Waals surface area contributed by atoms with E-state index in [1.807, 2.05) is 0 Å². The van der Waals surface area contributed by atoms with Crippen molar-refractivity contribution in [3.05, 3.63) is 65.2 Å². The zero-order valence-corrected chi connectivity index (χ0v) is 12.2. The minimum atomic E-state index is -0.967. The molecule has 0 aromatic heterocycles. The van der Waals surface area contributed by atoms with Crippen LogP contribution in [0.2, 0.25) is 0 Å². The predicted octanol–water partition coefficient (Wildman–Crippen LogP) is 3.44. The van der Waals surface area contributed by atoms with E-state index in [1.54, 1.807) is 24.3 Å². The van der Waals surface area contributed by atoms with Gasteiger partial charge in [-0.05, 0) is 36.2 Å². The number of carboxylic acid groups (broad SMARTS) is 1. The molecule has 0 saturated heterocycles. The standard InChI is InChI=1S/C17H16F2O4/c18-13-4-1-12(15(19)9-13)10-23-14-5-2-11(3-6-14)16(20)7-8-17(21)22/h1-6,9,16,20H,7-8,10H2,(H,21,22). The molecule has 1 unspecified atom stereocenters. The lowest BCUT2D eigenvalue weighted by molar-refractivity contribution is -0.137. The van der Waals surface area contributed by atoms with Gasteiger partial charge in [0.05, 0.1) is 6.10 Å². The van der Waals surface area contributed by atoms with Gasteiger partial charge in [0.2, 0.25) is 0 Å². The molecule has 0 aliphatic rings. The monoisotopic (exact) mass is 322 g/mol. The molecule has 23 heavy (non-hydrogen) atoms. The fourth-order valence-electron chi connectivity index (χ4n) is 2.01. The third kappa shape index (κ3) is 5.03. The minimum absolute atomic E-state index is 0.0486. The molecular weight excluding hydrogens is 306 g/mol. The molecular formula is C17H16F2O4. The molecule has 0 saturated carbocycles. The maximum absolute atomic E-state index is 13.5. The highest BCUT2D eigenvalue weighted by molar-refractivity contribution is 5.66. The number of hydrogen-bond donors (Lipinski definition) is 2. The maximum Gasteiger partial charge on any atom is 0.303 e. The molecule has 2 rings (SSSR count). The van der Waals surface area contributed by atoms with E-state index in [0.717, 1.165) is 12.1 Å². The fraction of sp³-hybridized carbons (Fsp3) is 0.235. The van der Waals surface area contributed by atoms with Crippen molar-refractivity contribution in [3.63, 3.8) is 0 Å². The molecule has 0 heterocycles. The second kappa shape index (κ2) is 7.69. The van der Waals surface area contributed by atoms with E-state index < -0.39 is 23.7 Å². The predicted molar refractivity (Wildman–Crippen MR) is 79.0 cm³/mol. The smallest absolute Gasteiger partial charge is 0.303 e. The molecule has 4 nitrogen and oxygen atoms in total. The van der Waals surface area contributed by atoms with Crippen LogP contribution in [-0.2, 0) is 11.4 Å². The fourth-order valence-corrected chi connectivity index (χ4v) is 2.01. The van der Waals surface area contributed by atoms with E-state index in [9.17, 15) is 18.7 Å². The molecule has 6 heteroatoms. The van der Waals surface area contributed by atoms with E-state index in [4.69, 9.17) is 9.84 Å². The highest BCUT2D eigenvalue weighted by atomic mass is 19.1. The SMILES string of the molecule is O=C(O)CCC(O)c1ccc(OCc2ccc(F)cc2F)cc1. The second-order valence-electron chi connectivity index (χ2n) is 5.04. The van der Waals surface area contributed by atoms with Crippen molar-refractivity contribution in [2.24, 2.45) is 0 Å². The summed E-state index contributed by atoms with van der Waals surface area (Å²) < 4.78 is 31.7. The molecule has 2 N–H and O–H groups in total. The van der Waals surface area contributed by atoms with Crippen LogP contribution in [0.5, 0.6) is 5.75 Å². The zero-order valence-electron chi connectivity index (χ0n) is 12.2. The van der Waals surface area contributed by atoms with Gasteiger partial charge in [0, 0.05) is 18.1 Å². The molecule has 122 valence electrons. The van der Waals surface area contributed by atoms with Crippen LogP contribution in [0.15, 0.2) is 42.5 Å². The lowest BCUT2D eigenvalue weighted by atomic mass is 10.1. The van der Waals surface area contributed by atoms with Gasteiger partial charge >= 0.3 is 5.97 Å². The molecule has 0 aliphatic carbocycles. The van der Waals surface area contributed by atoms with Gasteiger partial charge in [-0.25, -0.2) is 8.78 Å². The van der Waals surface area contributed by atoms with Gasteiger partial charge < -0.3 is 14.9 Å². The quantitative estimate of drug-likeness (QED) is 0.819. The molecule has 1 atom stereocenters. The molecule has 2 aromatic carbocycles. The number of aliphatic carboxylic acids is 1. The van der Waals surface area contributed by atoms with E-state index in [2.05, 4.69) is 0 Å². The van der Waals surface area contributed by atoms with Crippen molar-refractivity contribution >= 4 is 5.97 Å². The van der Waals surface area contributed by atoms with Crippen molar-refractivity contribution < 1.29 is 28.5 Å². The Kier molecular flexibility index (Phi) is 5.65. The van der Waals surface area contributed by atoms with Crippen LogP contribution < -0.4 is 4.74 Å². The number of carboxylic acids is 1. The summed E-state index contributed by atoms with van der Waals surface area (Å²) in [7, 11) is 0. The van der Waals surface area contributed by atoms with Crippen molar-refractivity contribution in [2.75, 3.05) is 0 Å². The lowest BCUT2D eigenvalue weighted by Gasteiger charge is -2.11. The number of carbonyl (C=O) groups is 1. The average Bonchev–Trinajstić information content (AvgIpc) is 2.52. The molecule has 2 aromatic rings. The Labute approximate surface area is 132 Å². The molecule has 0 amide bonds. The molecule has 0 bridgehead atoms. The van der Waals surface area contributed by atoms with Gasteiger partial charge in [0.15, 0.2) is 0 Å².